The molecule has 0 aliphatic heterocycles. The summed E-state index contributed by atoms with van der Waals surface area (Å²) in [5.41, 5.74) is 1.07. The molecule has 1 amide bonds. The van der Waals surface area contributed by atoms with E-state index in [9.17, 15) is 13.6 Å². The molecule has 7 heteroatoms. The van der Waals surface area contributed by atoms with Gasteiger partial charge in [0.1, 0.15) is 5.82 Å². The highest BCUT2D eigenvalue weighted by Gasteiger charge is 2.22. The van der Waals surface area contributed by atoms with Crippen molar-refractivity contribution < 1.29 is 18.3 Å². The molecule has 2 aromatic carbocycles. The van der Waals surface area contributed by atoms with E-state index in [1.54, 1.807) is 6.92 Å². The van der Waals surface area contributed by atoms with E-state index in [0.29, 0.717) is 24.6 Å². The van der Waals surface area contributed by atoms with Crippen LogP contribution in [0.3, 0.4) is 0 Å². The van der Waals surface area contributed by atoms with Gasteiger partial charge in [0.25, 0.3) is 0 Å². The third-order valence-corrected chi connectivity index (χ3v) is 6.02. The largest absolute Gasteiger partial charge is 0.436 e. The lowest BCUT2D eigenvalue weighted by atomic mass is 9.86. The summed E-state index contributed by atoms with van der Waals surface area (Å²) >= 11 is 0. The molecular formula is C28H33F2N3O2. The predicted octanol–water partition coefficient (Wildman–Crippen LogP) is 7.57. The Morgan fingerprint density at radius 2 is 1.71 bits per heavy atom. The van der Waals surface area contributed by atoms with Gasteiger partial charge in [-0.3, -0.25) is 4.79 Å². The van der Waals surface area contributed by atoms with Crippen LogP contribution in [0.15, 0.2) is 54.7 Å². The van der Waals surface area contributed by atoms with Gasteiger partial charge in [-0.1, -0.05) is 57.0 Å². The summed E-state index contributed by atoms with van der Waals surface area (Å²) in [6.07, 6.45) is 6.60. The van der Waals surface area contributed by atoms with E-state index in [2.05, 4.69) is 34.3 Å². The Hall–Kier alpha value is -3.35. The quantitative estimate of drug-likeness (QED) is 0.290. The summed E-state index contributed by atoms with van der Waals surface area (Å²) in [4.78, 5) is 21.0. The topological polar surface area (TPSA) is 64.1 Å². The van der Waals surface area contributed by atoms with Crippen LogP contribution in [0.5, 0.6) is 11.6 Å². The van der Waals surface area contributed by atoms with Crippen LogP contribution in [-0.2, 0) is 4.79 Å². The Bertz CT molecular complexity index is 1110. The van der Waals surface area contributed by atoms with Gasteiger partial charge in [0.2, 0.25) is 11.8 Å². The highest BCUT2D eigenvalue weighted by atomic mass is 19.1. The zero-order chi connectivity index (χ0) is 25.2. The fourth-order valence-electron chi connectivity index (χ4n) is 4.25. The lowest BCUT2D eigenvalue weighted by molar-refractivity contribution is -0.120. The summed E-state index contributed by atoms with van der Waals surface area (Å²) in [6.45, 7) is 5.84. The Morgan fingerprint density at radius 1 is 0.971 bits per heavy atom. The fourth-order valence-corrected chi connectivity index (χ4v) is 4.25. The van der Waals surface area contributed by atoms with E-state index in [0.717, 1.165) is 37.8 Å². The molecule has 186 valence electrons. The summed E-state index contributed by atoms with van der Waals surface area (Å²) in [6, 6.07) is 13.6. The number of amides is 1. The molecule has 0 spiro atoms. The van der Waals surface area contributed by atoms with Gasteiger partial charge in [0.05, 0.1) is 5.69 Å². The smallest absolute Gasteiger partial charge is 0.227 e. The number of hydrogen-bond acceptors (Lipinski definition) is 4. The van der Waals surface area contributed by atoms with Gasteiger partial charge in [-0.25, -0.2) is 13.8 Å². The summed E-state index contributed by atoms with van der Waals surface area (Å²) < 4.78 is 34.8. The molecule has 0 radical (unpaired) electrons. The first-order valence-corrected chi connectivity index (χ1v) is 12.2. The number of carbonyl (C=O) groups is 1. The number of carbonyl (C=O) groups excluding carboxylic acids is 1. The zero-order valence-corrected chi connectivity index (χ0v) is 20.6. The van der Waals surface area contributed by atoms with Crippen LogP contribution in [0.1, 0.15) is 69.7 Å². The monoisotopic (exact) mass is 481 g/mol. The maximum atomic E-state index is 14.8. The minimum absolute atomic E-state index is 0.107. The van der Waals surface area contributed by atoms with Crippen molar-refractivity contribution in [3.8, 4) is 11.6 Å². The molecule has 1 heterocycles. The van der Waals surface area contributed by atoms with Gasteiger partial charge in [-0.05, 0) is 44.1 Å². The number of nitrogens with one attached hydrogen (secondary N) is 1. The second-order valence-corrected chi connectivity index (χ2v) is 8.76. The molecule has 0 bridgehead atoms. The molecule has 5 nitrogen and oxygen atoms in total. The number of aryl methyl sites for hydroxylation is 1. The maximum Gasteiger partial charge on any atom is 0.227 e. The first-order valence-electron chi connectivity index (χ1n) is 12.2. The van der Waals surface area contributed by atoms with Crippen LogP contribution in [0.4, 0.5) is 14.5 Å². The van der Waals surface area contributed by atoms with Crippen LogP contribution in [0, 0.1) is 24.5 Å². The SMILES string of the molecule is CCCC(CCC(CCC)c1ccccc1)C(=O)Nc1cc(F)c(Oc2ccnc(C)n2)cc1F. The Kier molecular flexibility index (Phi) is 9.70. The predicted molar refractivity (Wildman–Crippen MR) is 134 cm³/mol. The lowest BCUT2D eigenvalue weighted by Crippen LogP contribution is -2.24. The molecule has 1 N–H and O–H groups in total. The molecule has 0 aliphatic rings. The number of aromatic nitrogens is 2. The molecule has 0 saturated heterocycles. The summed E-state index contributed by atoms with van der Waals surface area (Å²) in [5.74, 6) is -1.54. The molecule has 3 aromatic rings. The van der Waals surface area contributed by atoms with Crippen molar-refractivity contribution in [1.82, 2.24) is 9.97 Å². The van der Waals surface area contributed by atoms with Crippen molar-refractivity contribution in [3.05, 3.63) is 77.8 Å². The molecular weight excluding hydrogens is 448 g/mol. The molecule has 2 unspecified atom stereocenters. The average Bonchev–Trinajstić information content (AvgIpc) is 2.84. The van der Waals surface area contributed by atoms with Crippen LogP contribution in [0.2, 0.25) is 0 Å². The number of ether oxygens (including phenoxy) is 1. The summed E-state index contributed by atoms with van der Waals surface area (Å²) in [5, 5.41) is 2.60. The zero-order valence-electron chi connectivity index (χ0n) is 20.6. The Morgan fingerprint density at radius 3 is 2.40 bits per heavy atom. The van der Waals surface area contributed by atoms with Gasteiger partial charge < -0.3 is 10.1 Å². The average molecular weight is 482 g/mol. The van der Waals surface area contributed by atoms with E-state index < -0.39 is 11.6 Å². The van der Waals surface area contributed by atoms with Crippen molar-refractivity contribution in [1.29, 1.82) is 0 Å². The first-order chi connectivity index (χ1) is 16.9. The van der Waals surface area contributed by atoms with Gasteiger partial charge in [0.15, 0.2) is 17.4 Å². The normalized spacial score (nSPS) is 12.7. The minimum atomic E-state index is -0.794. The van der Waals surface area contributed by atoms with Crippen LogP contribution >= 0.6 is 0 Å². The Balaban J connectivity index is 1.69. The highest BCUT2D eigenvalue weighted by Crippen LogP contribution is 2.31. The molecule has 2 atom stereocenters. The number of hydrogen-bond donors (Lipinski definition) is 1. The number of rotatable bonds is 12. The number of anilines is 1. The van der Waals surface area contributed by atoms with Crippen molar-refractivity contribution in [2.24, 2.45) is 5.92 Å². The van der Waals surface area contributed by atoms with Gasteiger partial charge >= 0.3 is 0 Å². The molecule has 3 rings (SSSR count). The van der Waals surface area contributed by atoms with Crippen molar-refractivity contribution in [2.75, 3.05) is 5.32 Å². The van der Waals surface area contributed by atoms with Crippen LogP contribution in [0.25, 0.3) is 0 Å². The van der Waals surface area contributed by atoms with E-state index in [1.807, 2.05) is 25.1 Å². The van der Waals surface area contributed by atoms with Gasteiger partial charge in [-0.2, -0.15) is 4.98 Å². The van der Waals surface area contributed by atoms with Gasteiger partial charge in [0, 0.05) is 30.3 Å². The van der Waals surface area contributed by atoms with E-state index >= 15 is 0 Å². The maximum absolute atomic E-state index is 14.8. The van der Waals surface area contributed by atoms with E-state index in [1.165, 1.54) is 17.8 Å². The number of benzene rings is 2. The molecule has 1 aromatic heterocycles. The van der Waals surface area contributed by atoms with Crippen molar-refractivity contribution in [2.45, 2.75) is 65.2 Å². The minimum Gasteiger partial charge on any atom is -0.436 e. The molecule has 35 heavy (non-hydrogen) atoms. The Labute approximate surface area is 206 Å². The second kappa shape index (κ2) is 12.9. The second-order valence-electron chi connectivity index (χ2n) is 8.76. The fraction of sp³-hybridized carbons (Fsp3) is 0.393. The van der Waals surface area contributed by atoms with E-state index in [4.69, 9.17) is 4.74 Å². The third-order valence-electron chi connectivity index (χ3n) is 6.02. The molecule has 0 fully saturated rings. The third kappa shape index (κ3) is 7.57. The standard InChI is InChI=1S/C28H33F2N3O2/c1-4-9-20(21-11-7-6-8-12-21)13-14-22(10-5-2)28(34)33-25-17-24(30)26(18-23(25)29)35-27-15-16-31-19(3)32-27/h6-8,11-12,15-18,20,22H,4-5,9-10,13-14H2,1-3H3,(H,33,34). The van der Waals surface area contributed by atoms with Gasteiger partial charge in [-0.15, -0.1) is 0 Å². The summed E-state index contributed by atoms with van der Waals surface area (Å²) in [7, 11) is 0. The number of nitrogens with zero attached hydrogens (tertiary/aromatic N) is 2. The first kappa shape index (κ1) is 26.3. The lowest BCUT2D eigenvalue weighted by Gasteiger charge is -2.21. The molecule has 0 aliphatic carbocycles. The van der Waals surface area contributed by atoms with Crippen LogP contribution < -0.4 is 10.1 Å². The van der Waals surface area contributed by atoms with Crippen molar-refractivity contribution in [3.63, 3.8) is 0 Å². The van der Waals surface area contributed by atoms with E-state index in [-0.39, 0.29) is 29.1 Å². The van der Waals surface area contributed by atoms with Crippen LogP contribution in [-0.4, -0.2) is 15.9 Å². The molecule has 0 saturated carbocycles. The highest BCUT2D eigenvalue weighted by molar-refractivity contribution is 5.92. The van der Waals surface area contributed by atoms with Crippen molar-refractivity contribution >= 4 is 11.6 Å². The number of halogens is 2.